The van der Waals surface area contributed by atoms with Gasteiger partial charge in [-0.2, -0.15) is 0 Å². The highest BCUT2D eigenvalue weighted by atomic mass is 16.6. The number of carbonyl (C=O) groups excluding carboxylic acids is 4. The molecule has 2 bridgehead atoms. The molecule has 0 radical (unpaired) electrons. The number of carbonyl (C=O) groups is 4. The van der Waals surface area contributed by atoms with Crippen LogP contribution in [0.2, 0.25) is 0 Å². The van der Waals surface area contributed by atoms with E-state index >= 15 is 0 Å². The third-order valence-corrected chi connectivity index (χ3v) is 7.11. The molecule has 2 amide bonds. The molecule has 2 fully saturated rings. The summed E-state index contributed by atoms with van der Waals surface area (Å²) in [6.45, 7) is -0.613. The molecule has 0 N–H and O–H groups in total. The zero-order valence-electron chi connectivity index (χ0n) is 18.6. The van der Waals surface area contributed by atoms with E-state index in [1.807, 2.05) is 18.2 Å². The first-order valence-electron chi connectivity index (χ1n) is 11.4. The minimum absolute atomic E-state index is 0.00330. The molecular formula is C26H22N2O7. The van der Waals surface area contributed by atoms with E-state index in [9.17, 15) is 29.3 Å². The van der Waals surface area contributed by atoms with E-state index in [0.29, 0.717) is 0 Å². The summed E-state index contributed by atoms with van der Waals surface area (Å²) in [5.74, 6) is -3.02. The van der Waals surface area contributed by atoms with Crippen LogP contribution >= 0.6 is 0 Å². The number of Topliss-reactive ketones (excluding diaryl/α,β-unsaturated/α-hetero) is 1. The minimum Gasteiger partial charge on any atom is -0.456 e. The lowest BCUT2D eigenvalue weighted by Crippen LogP contribution is -2.48. The second kappa shape index (κ2) is 8.90. The number of imide groups is 1. The van der Waals surface area contributed by atoms with Crippen molar-refractivity contribution in [1.82, 2.24) is 4.90 Å². The second-order valence-corrected chi connectivity index (χ2v) is 9.09. The first-order chi connectivity index (χ1) is 16.8. The van der Waals surface area contributed by atoms with Gasteiger partial charge in [0.15, 0.2) is 12.4 Å². The zero-order valence-corrected chi connectivity index (χ0v) is 18.6. The molecule has 2 aliphatic carbocycles. The van der Waals surface area contributed by atoms with Crippen molar-refractivity contribution in [2.45, 2.75) is 18.9 Å². The SMILES string of the molecule is O=C(COC(=O)[C@@H](Cc1ccccc1)N1C(=O)[C@@H]2[C@H](C1=O)[C@@H]1C=C[C@H]2C1)c1ccc([N+](=O)[O-])cc1. The third-order valence-electron chi connectivity index (χ3n) is 7.11. The molecule has 1 heterocycles. The summed E-state index contributed by atoms with van der Waals surface area (Å²) in [5.41, 5.74) is 0.727. The van der Waals surface area contributed by atoms with Crippen LogP contribution < -0.4 is 0 Å². The third kappa shape index (κ3) is 4.03. The number of fused-ring (bicyclic) bond motifs is 5. The number of amides is 2. The van der Waals surface area contributed by atoms with Crippen molar-refractivity contribution in [3.8, 4) is 0 Å². The molecule has 35 heavy (non-hydrogen) atoms. The molecule has 3 aliphatic rings. The van der Waals surface area contributed by atoms with Crippen LogP contribution in [0.5, 0.6) is 0 Å². The van der Waals surface area contributed by atoms with E-state index in [0.717, 1.165) is 16.9 Å². The molecular weight excluding hydrogens is 452 g/mol. The number of hydrogen-bond donors (Lipinski definition) is 0. The molecule has 0 spiro atoms. The average Bonchev–Trinajstić information content (AvgIpc) is 3.55. The molecule has 5 atom stereocenters. The maximum Gasteiger partial charge on any atom is 0.330 e. The number of nitro groups is 1. The van der Waals surface area contributed by atoms with Crippen LogP contribution in [-0.2, 0) is 25.5 Å². The molecule has 5 rings (SSSR count). The van der Waals surface area contributed by atoms with E-state index in [1.54, 1.807) is 24.3 Å². The van der Waals surface area contributed by atoms with Crippen LogP contribution in [0.1, 0.15) is 22.3 Å². The normalized spacial score (nSPS) is 25.0. The van der Waals surface area contributed by atoms with Crippen molar-refractivity contribution in [1.29, 1.82) is 0 Å². The zero-order chi connectivity index (χ0) is 24.7. The Morgan fingerprint density at radius 1 is 0.971 bits per heavy atom. The number of ketones is 1. The van der Waals surface area contributed by atoms with E-state index in [2.05, 4.69) is 0 Å². The first-order valence-corrected chi connectivity index (χ1v) is 11.4. The number of nitro benzene ring substituents is 1. The fraction of sp³-hybridized carbons (Fsp3) is 0.308. The van der Waals surface area contributed by atoms with Gasteiger partial charge >= 0.3 is 5.97 Å². The second-order valence-electron chi connectivity index (χ2n) is 9.09. The van der Waals surface area contributed by atoms with Gasteiger partial charge in [-0.3, -0.25) is 29.4 Å². The van der Waals surface area contributed by atoms with Crippen molar-refractivity contribution in [3.05, 3.63) is 88.0 Å². The maximum atomic E-state index is 13.3. The maximum absolute atomic E-state index is 13.3. The van der Waals surface area contributed by atoms with Crippen molar-refractivity contribution in [3.63, 3.8) is 0 Å². The molecule has 1 saturated carbocycles. The van der Waals surface area contributed by atoms with Crippen molar-refractivity contribution in [2.24, 2.45) is 23.7 Å². The monoisotopic (exact) mass is 474 g/mol. The van der Waals surface area contributed by atoms with Crippen LogP contribution in [0.4, 0.5) is 5.69 Å². The lowest BCUT2D eigenvalue weighted by molar-refractivity contribution is -0.384. The summed E-state index contributed by atoms with van der Waals surface area (Å²) in [7, 11) is 0. The molecule has 2 aromatic rings. The molecule has 0 unspecified atom stereocenters. The lowest BCUT2D eigenvalue weighted by Gasteiger charge is -2.26. The van der Waals surface area contributed by atoms with E-state index in [1.165, 1.54) is 24.3 Å². The van der Waals surface area contributed by atoms with Crippen molar-refractivity contribution in [2.75, 3.05) is 6.61 Å². The number of ether oxygens (including phenoxy) is 1. The predicted molar refractivity (Wildman–Crippen MR) is 122 cm³/mol. The smallest absolute Gasteiger partial charge is 0.330 e. The van der Waals surface area contributed by atoms with Gasteiger partial charge in [0.25, 0.3) is 5.69 Å². The molecule has 1 saturated heterocycles. The summed E-state index contributed by atoms with van der Waals surface area (Å²) in [6.07, 6.45) is 4.81. The van der Waals surface area contributed by atoms with Gasteiger partial charge in [-0.05, 0) is 36.0 Å². The number of benzene rings is 2. The number of non-ortho nitro benzene ring substituents is 1. The highest BCUT2D eigenvalue weighted by molar-refractivity contribution is 6.09. The van der Waals surface area contributed by atoms with E-state index < -0.39 is 41.2 Å². The molecule has 9 nitrogen and oxygen atoms in total. The van der Waals surface area contributed by atoms with Gasteiger partial charge in [-0.15, -0.1) is 0 Å². The van der Waals surface area contributed by atoms with Gasteiger partial charge in [0, 0.05) is 24.1 Å². The van der Waals surface area contributed by atoms with Crippen molar-refractivity contribution >= 4 is 29.3 Å². The number of hydrogen-bond acceptors (Lipinski definition) is 7. The summed E-state index contributed by atoms with van der Waals surface area (Å²) in [6, 6.07) is 12.8. The Morgan fingerprint density at radius 2 is 1.57 bits per heavy atom. The molecule has 9 heteroatoms. The fourth-order valence-electron chi connectivity index (χ4n) is 5.44. The quantitative estimate of drug-likeness (QED) is 0.144. The fourth-order valence-corrected chi connectivity index (χ4v) is 5.44. The molecule has 0 aromatic heterocycles. The summed E-state index contributed by atoms with van der Waals surface area (Å²) >= 11 is 0. The Hall–Kier alpha value is -4.14. The Balaban J connectivity index is 1.34. The first kappa shape index (κ1) is 22.6. The van der Waals surface area contributed by atoms with Crippen LogP contribution in [0.25, 0.3) is 0 Å². The number of nitrogens with zero attached hydrogens (tertiary/aromatic N) is 2. The van der Waals surface area contributed by atoms with Gasteiger partial charge in [-0.1, -0.05) is 42.5 Å². The topological polar surface area (TPSA) is 124 Å². The van der Waals surface area contributed by atoms with Gasteiger partial charge in [-0.25, -0.2) is 4.79 Å². The number of esters is 1. The predicted octanol–water partition coefficient (Wildman–Crippen LogP) is 2.74. The van der Waals surface area contributed by atoms with Gasteiger partial charge in [0.05, 0.1) is 16.8 Å². The highest BCUT2D eigenvalue weighted by Gasteiger charge is 2.61. The van der Waals surface area contributed by atoms with Crippen molar-refractivity contribution < 1.29 is 28.8 Å². The van der Waals surface area contributed by atoms with Crippen LogP contribution in [-0.4, -0.2) is 46.0 Å². The summed E-state index contributed by atoms with van der Waals surface area (Å²) in [4.78, 5) is 63.6. The minimum atomic E-state index is -1.19. The van der Waals surface area contributed by atoms with Gasteiger partial charge in [0.2, 0.25) is 11.8 Å². The van der Waals surface area contributed by atoms with Gasteiger partial charge < -0.3 is 4.74 Å². The van der Waals surface area contributed by atoms with Crippen LogP contribution in [0.3, 0.4) is 0 Å². The van der Waals surface area contributed by atoms with Crippen LogP contribution in [0, 0.1) is 33.8 Å². The standard InChI is InChI=1S/C26H22N2O7/c29-21(16-8-10-19(11-9-16)28(33)34)14-35-26(32)20(12-15-4-2-1-3-5-15)27-24(30)22-17-6-7-18(13-17)23(22)25(27)31/h1-11,17-18,20,22-23H,12-14H2/t17-,18+,20-,22-,23+/m1/s1. The summed E-state index contributed by atoms with van der Waals surface area (Å²) in [5, 5.41) is 10.8. The Morgan fingerprint density at radius 3 is 2.14 bits per heavy atom. The Bertz CT molecular complexity index is 1210. The number of rotatable bonds is 8. The Kier molecular flexibility index (Phi) is 5.76. The summed E-state index contributed by atoms with van der Waals surface area (Å²) < 4.78 is 5.29. The van der Waals surface area contributed by atoms with Gasteiger partial charge in [0.1, 0.15) is 6.04 Å². The van der Waals surface area contributed by atoms with E-state index in [-0.39, 0.29) is 41.3 Å². The number of allylic oxidation sites excluding steroid dienone is 2. The number of likely N-dealkylation sites (tertiary alicyclic amines) is 1. The molecule has 1 aliphatic heterocycles. The van der Waals surface area contributed by atoms with Crippen LogP contribution in [0.15, 0.2) is 66.7 Å². The molecule has 2 aromatic carbocycles. The molecule has 178 valence electrons. The largest absolute Gasteiger partial charge is 0.456 e. The lowest BCUT2D eigenvalue weighted by atomic mass is 9.85. The Labute approximate surface area is 200 Å². The highest BCUT2D eigenvalue weighted by Crippen LogP contribution is 2.53. The van der Waals surface area contributed by atoms with E-state index in [4.69, 9.17) is 4.74 Å². The average molecular weight is 474 g/mol.